The summed E-state index contributed by atoms with van der Waals surface area (Å²) in [5, 5.41) is 0. The molecule has 6 heteroatoms. The summed E-state index contributed by atoms with van der Waals surface area (Å²) < 4.78 is 0. The van der Waals surface area contributed by atoms with Gasteiger partial charge in [-0.2, -0.15) is 0 Å². The molecule has 4 rings (SSSR count). The average Bonchev–Trinajstić information content (AvgIpc) is 3.08. The fourth-order valence-corrected chi connectivity index (χ4v) is 3.98. The number of aromatic nitrogens is 2. The van der Waals surface area contributed by atoms with Crippen molar-refractivity contribution < 1.29 is 4.79 Å². The van der Waals surface area contributed by atoms with Gasteiger partial charge in [0.15, 0.2) is 0 Å². The number of anilines is 2. The molecule has 0 atom stereocenters. The van der Waals surface area contributed by atoms with E-state index in [-0.39, 0.29) is 5.91 Å². The fraction of sp³-hybridized carbons (Fsp3) is 0.435. The van der Waals surface area contributed by atoms with E-state index in [2.05, 4.69) is 44.0 Å². The Bertz CT molecular complexity index is 805. The number of hydrogen-bond acceptors (Lipinski definition) is 5. The highest BCUT2D eigenvalue weighted by molar-refractivity contribution is 5.92. The number of amides is 1. The maximum Gasteiger partial charge on any atom is 0.246 e. The minimum atomic E-state index is 0.0650. The quantitative estimate of drug-likeness (QED) is 0.749. The summed E-state index contributed by atoms with van der Waals surface area (Å²) in [5.74, 6) is 0.801. The molecule has 2 aliphatic heterocycles. The lowest BCUT2D eigenvalue weighted by Gasteiger charge is -2.34. The van der Waals surface area contributed by atoms with E-state index in [9.17, 15) is 4.79 Å². The van der Waals surface area contributed by atoms with Crippen molar-refractivity contribution in [1.29, 1.82) is 0 Å². The van der Waals surface area contributed by atoms with Crippen LogP contribution in [0, 0.1) is 0 Å². The van der Waals surface area contributed by atoms with Crippen LogP contribution < -0.4 is 9.80 Å². The summed E-state index contributed by atoms with van der Waals surface area (Å²) in [5.41, 5.74) is 2.35. The number of hydrogen-bond donors (Lipinski definition) is 0. The topological polar surface area (TPSA) is 52.6 Å². The second kappa shape index (κ2) is 9.54. The van der Waals surface area contributed by atoms with E-state index in [1.807, 2.05) is 17.0 Å². The van der Waals surface area contributed by atoms with Gasteiger partial charge in [0.1, 0.15) is 0 Å². The molecule has 0 saturated carbocycles. The molecule has 2 aliphatic rings. The van der Waals surface area contributed by atoms with Gasteiger partial charge in [0.2, 0.25) is 11.9 Å². The lowest BCUT2D eigenvalue weighted by atomic mass is 10.1. The maximum absolute atomic E-state index is 12.5. The van der Waals surface area contributed by atoms with Crippen molar-refractivity contribution in [1.82, 2.24) is 14.9 Å². The smallest absolute Gasteiger partial charge is 0.246 e. The molecule has 2 aromatic rings. The Morgan fingerprint density at radius 3 is 2.10 bits per heavy atom. The van der Waals surface area contributed by atoms with Gasteiger partial charge >= 0.3 is 0 Å². The molecule has 29 heavy (non-hydrogen) atoms. The molecule has 1 amide bonds. The van der Waals surface area contributed by atoms with Crippen LogP contribution in [-0.4, -0.2) is 60.0 Å². The van der Waals surface area contributed by atoms with E-state index >= 15 is 0 Å². The van der Waals surface area contributed by atoms with E-state index in [1.54, 1.807) is 18.5 Å². The van der Waals surface area contributed by atoms with E-state index in [0.29, 0.717) is 13.1 Å². The average molecular weight is 392 g/mol. The van der Waals surface area contributed by atoms with Gasteiger partial charge in [0.05, 0.1) is 0 Å². The minimum Gasteiger partial charge on any atom is -0.372 e. The minimum absolute atomic E-state index is 0.0650. The Hall–Kier alpha value is -2.89. The van der Waals surface area contributed by atoms with Crippen LogP contribution in [0.25, 0.3) is 6.08 Å². The molecule has 1 aromatic carbocycles. The van der Waals surface area contributed by atoms with Crippen LogP contribution in [0.1, 0.15) is 31.2 Å². The number of carbonyl (C=O) groups excluding carboxylic acids is 1. The van der Waals surface area contributed by atoms with Crippen LogP contribution in [0.5, 0.6) is 0 Å². The monoisotopic (exact) mass is 391 g/mol. The van der Waals surface area contributed by atoms with Gasteiger partial charge in [-0.1, -0.05) is 25.0 Å². The summed E-state index contributed by atoms with van der Waals surface area (Å²) in [6.45, 7) is 5.19. The van der Waals surface area contributed by atoms with E-state index < -0.39 is 0 Å². The third kappa shape index (κ3) is 5.13. The zero-order chi connectivity index (χ0) is 19.9. The highest BCUT2D eigenvalue weighted by Crippen LogP contribution is 2.20. The lowest BCUT2D eigenvalue weighted by molar-refractivity contribution is -0.126. The first-order valence-corrected chi connectivity index (χ1v) is 10.6. The van der Waals surface area contributed by atoms with Crippen LogP contribution in [0.4, 0.5) is 11.6 Å². The van der Waals surface area contributed by atoms with Gasteiger partial charge in [-0.3, -0.25) is 4.79 Å². The SMILES string of the molecule is O=C(/C=C/c1ccc(N2CCCCCC2)cc1)N1CCN(c2ncccn2)CC1. The summed E-state index contributed by atoms with van der Waals surface area (Å²) in [6.07, 6.45) is 12.3. The number of rotatable bonds is 4. The molecule has 0 spiro atoms. The van der Waals surface area contributed by atoms with Crippen molar-refractivity contribution in [3.8, 4) is 0 Å². The van der Waals surface area contributed by atoms with Gasteiger partial charge in [-0.25, -0.2) is 9.97 Å². The molecule has 2 saturated heterocycles. The Balaban J connectivity index is 1.29. The molecule has 2 fully saturated rings. The van der Waals surface area contributed by atoms with Crippen molar-refractivity contribution >= 4 is 23.6 Å². The predicted molar refractivity (Wildman–Crippen MR) is 117 cm³/mol. The largest absolute Gasteiger partial charge is 0.372 e. The number of carbonyl (C=O) groups is 1. The van der Waals surface area contributed by atoms with Gasteiger partial charge in [-0.05, 0) is 42.7 Å². The number of nitrogens with zero attached hydrogens (tertiary/aromatic N) is 5. The fourth-order valence-electron chi connectivity index (χ4n) is 3.98. The maximum atomic E-state index is 12.5. The molecule has 0 unspecified atom stereocenters. The van der Waals surface area contributed by atoms with Crippen LogP contribution in [0.3, 0.4) is 0 Å². The highest BCUT2D eigenvalue weighted by atomic mass is 16.2. The lowest BCUT2D eigenvalue weighted by Crippen LogP contribution is -2.48. The molecular formula is C23H29N5O. The Kier molecular flexibility index (Phi) is 6.39. The third-order valence-electron chi connectivity index (χ3n) is 5.71. The van der Waals surface area contributed by atoms with Crippen molar-refractivity contribution in [2.75, 3.05) is 49.1 Å². The standard InChI is InChI=1S/C23H29N5O/c29-22(27-16-18-28(19-17-27)23-24-12-5-13-25-23)11-8-20-6-9-21(10-7-20)26-14-3-1-2-4-15-26/h5-13H,1-4,14-19H2/b11-8+. The Morgan fingerprint density at radius 1 is 0.793 bits per heavy atom. The van der Waals surface area contributed by atoms with Crippen molar-refractivity contribution in [3.05, 3.63) is 54.4 Å². The summed E-state index contributed by atoms with van der Waals surface area (Å²) in [6, 6.07) is 10.4. The molecule has 0 aliphatic carbocycles. The van der Waals surface area contributed by atoms with Crippen LogP contribution in [0.2, 0.25) is 0 Å². The van der Waals surface area contributed by atoms with Crippen LogP contribution >= 0.6 is 0 Å². The van der Waals surface area contributed by atoms with Gasteiger partial charge in [0.25, 0.3) is 0 Å². The van der Waals surface area contributed by atoms with E-state index in [1.165, 1.54) is 31.4 Å². The predicted octanol–water partition coefficient (Wildman–Crippen LogP) is 3.22. The molecule has 152 valence electrons. The second-order valence-corrected chi connectivity index (χ2v) is 7.69. The first-order valence-electron chi connectivity index (χ1n) is 10.6. The van der Waals surface area contributed by atoms with E-state index in [4.69, 9.17) is 0 Å². The zero-order valence-corrected chi connectivity index (χ0v) is 16.9. The first-order chi connectivity index (χ1) is 14.3. The van der Waals surface area contributed by atoms with Crippen molar-refractivity contribution in [3.63, 3.8) is 0 Å². The third-order valence-corrected chi connectivity index (χ3v) is 5.71. The molecule has 0 bridgehead atoms. The molecule has 0 N–H and O–H groups in total. The van der Waals surface area contributed by atoms with E-state index in [0.717, 1.165) is 37.7 Å². The number of piperazine rings is 1. The van der Waals surface area contributed by atoms with Gasteiger partial charge < -0.3 is 14.7 Å². The summed E-state index contributed by atoms with van der Waals surface area (Å²) in [4.78, 5) is 27.6. The Morgan fingerprint density at radius 2 is 1.45 bits per heavy atom. The highest BCUT2D eigenvalue weighted by Gasteiger charge is 2.21. The van der Waals surface area contributed by atoms with Crippen LogP contribution in [-0.2, 0) is 4.79 Å². The summed E-state index contributed by atoms with van der Waals surface area (Å²) >= 11 is 0. The van der Waals surface area contributed by atoms with Gasteiger partial charge in [0, 0.05) is 63.4 Å². The van der Waals surface area contributed by atoms with Crippen LogP contribution in [0.15, 0.2) is 48.8 Å². The molecular weight excluding hydrogens is 362 g/mol. The van der Waals surface area contributed by atoms with Crippen molar-refractivity contribution in [2.24, 2.45) is 0 Å². The number of benzene rings is 1. The molecule has 3 heterocycles. The van der Waals surface area contributed by atoms with Crippen molar-refractivity contribution in [2.45, 2.75) is 25.7 Å². The molecule has 6 nitrogen and oxygen atoms in total. The summed E-state index contributed by atoms with van der Waals surface area (Å²) in [7, 11) is 0. The first kappa shape index (κ1) is 19.4. The Labute approximate surface area is 172 Å². The zero-order valence-electron chi connectivity index (χ0n) is 16.9. The molecule has 0 radical (unpaired) electrons. The molecule has 1 aromatic heterocycles. The normalized spacial score (nSPS) is 18.1. The second-order valence-electron chi connectivity index (χ2n) is 7.69. The van der Waals surface area contributed by atoms with Gasteiger partial charge in [-0.15, -0.1) is 0 Å².